The summed E-state index contributed by atoms with van der Waals surface area (Å²) in [5.74, 6) is -0.101. The number of anilines is 1. The predicted octanol–water partition coefficient (Wildman–Crippen LogP) is 0.814. The number of carbonyl (C=O) groups excluding carboxylic acids is 2. The molecule has 0 N–H and O–H groups in total. The molecule has 5 heteroatoms. The van der Waals surface area contributed by atoms with Crippen molar-refractivity contribution in [1.82, 2.24) is 9.80 Å². The lowest BCUT2D eigenvalue weighted by atomic mass is 10.2. The summed E-state index contributed by atoms with van der Waals surface area (Å²) in [6.07, 6.45) is 0. The van der Waals surface area contributed by atoms with Gasteiger partial charge in [0.2, 0.25) is 11.8 Å². The number of piperazine rings is 1. The number of rotatable bonds is 3. The molecule has 2 amide bonds. The van der Waals surface area contributed by atoms with E-state index in [1.807, 2.05) is 42.3 Å². The van der Waals surface area contributed by atoms with E-state index in [-0.39, 0.29) is 18.4 Å². The van der Waals surface area contributed by atoms with Crippen LogP contribution in [-0.4, -0.2) is 61.4 Å². The topological polar surface area (TPSA) is 43.9 Å². The van der Waals surface area contributed by atoms with Crippen LogP contribution in [0.15, 0.2) is 30.3 Å². The van der Waals surface area contributed by atoms with Gasteiger partial charge < -0.3 is 14.7 Å². The summed E-state index contributed by atoms with van der Waals surface area (Å²) < 4.78 is 0. The largest absolute Gasteiger partial charge is 0.339 e. The molecule has 0 aliphatic carbocycles. The van der Waals surface area contributed by atoms with Gasteiger partial charge in [-0.2, -0.15) is 0 Å². The average molecular weight is 275 g/mol. The average Bonchev–Trinajstić information content (AvgIpc) is 2.46. The Bertz CT molecular complexity index is 467. The molecular weight excluding hydrogens is 254 g/mol. The van der Waals surface area contributed by atoms with E-state index in [1.54, 1.807) is 0 Å². The normalized spacial score (nSPS) is 16.0. The minimum Gasteiger partial charge on any atom is -0.339 e. The number of likely N-dealkylation sites (N-methyl/N-ethyl adjacent to an activating group) is 1. The summed E-state index contributed by atoms with van der Waals surface area (Å²) in [6, 6.07) is 9.32. The summed E-state index contributed by atoms with van der Waals surface area (Å²) in [6.45, 7) is 4.84. The lowest BCUT2D eigenvalue weighted by Gasteiger charge is -2.33. The zero-order valence-corrected chi connectivity index (χ0v) is 12.1. The second-order valence-electron chi connectivity index (χ2n) is 5.12. The van der Waals surface area contributed by atoms with E-state index >= 15 is 0 Å². The molecule has 1 saturated heterocycles. The van der Waals surface area contributed by atoms with Crippen molar-refractivity contribution >= 4 is 17.5 Å². The molecule has 0 radical (unpaired) electrons. The summed E-state index contributed by atoms with van der Waals surface area (Å²) in [7, 11) is 2.05. The standard InChI is InChI=1S/C15H21N3O2/c1-13(19)18(14-6-4-3-5-7-14)12-15(20)17-10-8-16(2)9-11-17/h3-7H,8-12H2,1-2H3. The molecule has 0 unspecified atom stereocenters. The van der Waals surface area contributed by atoms with Crippen molar-refractivity contribution < 1.29 is 9.59 Å². The molecule has 0 spiro atoms. The van der Waals surface area contributed by atoms with E-state index in [0.29, 0.717) is 0 Å². The molecule has 1 aromatic rings. The minimum atomic E-state index is -0.112. The van der Waals surface area contributed by atoms with Crippen LogP contribution < -0.4 is 4.90 Å². The van der Waals surface area contributed by atoms with Crippen molar-refractivity contribution in [3.63, 3.8) is 0 Å². The fourth-order valence-electron chi connectivity index (χ4n) is 2.28. The van der Waals surface area contributed by atoms with Crippen LogP contribution in [0.5, 0.6) is 0 Å². The molecule has 1 aromatic carbocycles. The number of hydrogen-bond acceptors (Lipinski definition) is 3. The Morgan fingerprint density at radius 1 is 1.10 bits per heavy atom. The molecule has 2 rings (SSSR count). The highest BCUT2D eigenvalue weighted by Gasteiger charge is 2.22. The first kappa shape index (κ1) is 14.5. The van der Waals surface area contributed by atoms with Gasteiger partial charge >= 0.3 is 0 Å². The molecule has 1 aliphatic heterocycles. The Morgan fingerprint density at radius 2 is 1.70 bits per heavy atom. The third-order valence-corrected chi connectivity index (χ3v) is 3.60. The molecule has 0 atom stereocenters. The zero-order valence-electron chi connectivity index (χ0n) is 12.1. The maximum atomic E-state index is 12.3. The van der Waals surface area contributed by atoms with Crippen molar-refractivity contribution in [2.75, 3.05) is 44.7 Å². The van der Waals surface area contributed by atoms with Crippen molar-refractivity contribution in [3.05, 3.63) is 30.3 Å². The van der Waals surface area contributed by atoms with E-state index in [9.17, 15) is 9.59 Å². The van der Waals surface area contributed by atoms with E-state index in [1.165, 1.54) is 11.8 Å². The lowest BCUT2D eigenvalue weighted by Crippen LogP contribution is -2.50. The Kier molecular flexibility index (Phi) is 4.74. The molecule has 1 heterocycles. The number of hydrogen-bond donors (Lipinski definition) is 0. The van der Waals surface area contributed by atoms with Crippen LogP contribution in [-0.2, 0) is 9.59 Å². The predicted molar refractivity (Wildman–Crippen MR) is 78.5 cm³/mol. The molecule has 1 fully saturated rings. The van der Waals surface area contributed by atoms with Gasteiger partial charge in [-0.25, -0.2) is 0 Å². The van der Waals surface area contributed by atoms with Crippen LogP contribution in [0.1, 0.15) is 6.92 Å². The highest BCUT2D eigenvalue weighted by atomic mass is 16.2. The van der Waals surface area contributed by atoms with Gasteiger partial charge in [0.05, 0.1) is 0 Å². The van der Waals surface area contributed by atoms with E-state index in [4.69, 9.17) is 0 Å². The summed E-state index contributed by atoms with van der Waals surface area (Å²) in [5.41, 5.74) is 0.766. The number of para-hydroxylation sites is 1. The molecule has 108 valence electrons. The number of carbonyl (C=O) groups is 2. The first-order valence-electron chi connectivity index (χ1n) is 6.87. The zero-order chi connectivity index (χ0) is 14.5. The SMILES string of the molecule is CC(=O)N(CC(=O)N1CCN(C)CC1)c1ccccc1. The molecule has 0 saturated carbocycles. The first-order valence-corrected chi connectivity index (χ1v) is 6.87. The van der Waals surface area contributed by atoms with E-state index in [2.05, 4.69) is 4.90 Å². The molecule has 20 heavy (non-hydrogen) atoms. The second kappa shape index (κ2) is 6.52. The first-order chi connectivity index (χ1) is 9.58. The molecular formula is C15H21N3O2. The highest BCUT2D eigenvalue weighted by Crippen LogP contribution is 2.14. The lowest BCUT2D eigenvalue weighted by molar-refractivity contribution is -0.132. The number of nitrogens with zero attached hydrogens (tertiary/aromatic N) is 3. The third-order valence-electron chi connectivity index (χ3n) is 3.60. The Balaban J connectivity index is 2.02. The molecule has 0 aromatic heterocycles. The minimum absolute atomic E-state index is 0.0113. The highest BCUT2D eigenvalue weighted by molar-refractivity contribution is 5.97. The monoisotopic (exact) mass is 275 g/mol. The van der Waals surface area contributed by atoms with Crippen molar-refractivity contribution in [3.8, 4) is 0 Å². The van der Waals surface area contributed by atoms with Crippen LogP contribution in [0.25, 0.3) is 0 Å². The fraction of sp³-hybridized carbons (Fsp3) is 0.467. The van der Waals surface area contributed by atoms with Gasteiger partial charge in [-0.3, -0.25) is 9.59 Å². The van der Waals surface area contributed by atoms with Crippen LogP contribution in [0.4, 0.5) is 5.69 Å². The number of amides is 2. The van der Waals surface area contributed by atoms with E-state index < -0.39 is 0 Å². The maximum Gasteiger partial charge on any atom is 0.242 e. The fourth-order valence-corrected chi connectivity index (χ4v) is 2.28. The van der Waals surface area contributed by atoms with Crippen LogP contribution >= 0.6 is 0 Å². The van der Waals surface area contributed by atoms with Crippen LogP contribution in [0.3, 0.4) is 0 Å². The summed E-state index contributed by atoms with van der Waals surface area (Å²) >= 11 is 0. The van der Waals surface area contributed by atoms with Gasteiger partial charge in [0, 0.05) is 38.8 Å². The van der Waals surface area contributed by atoms with Crippen molar-refractivity contribution in [1.29, 1.82) is 0 Å². The smallest absolute Gasteiger partial charge is 0.242 e. The van der Waals surface area contributed by atoms with Gasteiger partial charge in [-0.15, -0.1) is 0 Å². The number of benzene rings is 1. The van der Waals surface area contributed by atoms with E-state index in [0.717, 1.165) is 31.9 Å². The summed E-state index contributed by atoms with van der Waals surface area (Å²) in [5, 5.41) is 0. The van der Waals surface area contributed by atoms with Crippen molar-refractivity contribution in [2.24, 2.45) is 0 Å². The van der Waals surface area contributed by atoms with Gasteiger partial charge in [0.1, 0.15) is 6.54 Å². The summed E-state index contributed by atoms with van der Waals surface area (Å²) in [4.78, 5) is 29.6. The third kappa shape index (κ3) is 3.57. The Labute approximate surface area is 119 Å². The maximum absolute atomic E-state index is 12.3. The van der Waals surface area contributed by atoms with Crippen molar-refractivity contribution in [2.45, 2.75) is 6.92 Å². The molecule has 1 aliphatic rings. The van der Waals surface area contributed by atoms with Gasteiger partial charge in [0.15, 0.2) is 0 Å². The Hall–Kier alpha value is -1.88. The van der Waals surface area contributed by atoms with Crippen LogP contribution in [0.2, 0.25) is 0 Å². The molecule has 5 nitrogen and oxygen atoms in total. The van der Waals surface area contributed by atoms with Gasteiger partial charge in [0.25, 0.3) is 0 Å². The van der Waals surface area contributed by atoms with Gasteiger partial charge in [-0.05, 0) is 19.2 Å². The molecule has 0 bridgehead atoms. The quantitative estimate of drug-likeness (QED) is 0.820. The Morgan fingerprint density at radius 3 is 2.25 bits per heavy atom. The van der Waals surface area contributed by atoms with Crippen LogP contribution in [0, 0.1) is 0 Å². The second-order valence-corrected chi connectivity index (χ2v) is 5.12. The van der Waals surface area contributed by atoms with Gasteiger partial charge in [-0.1, -0.05) is 18.2 Å².